The summed E-state index contributed by atoms with van der Waals surface area (Å²) in [5, 5.41) is 3.32. The van der Waals surface area contributed by atoms with Crippen LogP contribution in [0.15, 0.2) is 16.9 Å². The van der Waals surface area contributed by atoms with E-state index in [9.17, 15) is 9.59 Å². The molecule has 1 amide bonds. The second kappa shape index (κ2) is 7.45. The van der Waals surface area contributed by atoms with Gasteiger partial charge in [-0.3, -0.25) is 9.59 Å². The van der Waals surface area contributed by atoms with E-state index in [4.69, 9.17) is 0 Å². The van der Waals surface area contributed by atoms with Crippen LogP contribution in [0.25, 0.3) is 0 Å². The number of hydrogen-bond donors (Lipinski definition) is 2. The summed E-state index contributed by atoms with van der Waals surface area (Å²) in [7, 11) is 1.79. The molecule has 2 heterocycles. The van der Waals surface area contributed by atoms with Crippen molar-refractivity contribution in [1.82, 2.24) is 15.2 Å². The molecule has 1 aliphatic heterocycles. The minimum absolute atomic E-state index is 0. The number of nitrogens with one attached hydrogen (secondary N) is 2. The summed E-state index contributed by atoms with van der Waals surface area (Å²) < 4.78 is 0. The van der Waals surface area contributed by atoms with Gasteiger partial charge in [0.2, 0.25) is 0 Å². The van der Waals surface area contributed by atoms with E-state index < -0.39 is 0 Å². The van der Waals surface area contributed by atoms with E-state index in [0.717, 1.165) is 38.0 Å². The second-order valence-corrected chi connectivity index (χ2v) is 5.13. The molecule has 0 spiro atoms. The standard InChI is InChI=1S/C14H21N3O2.ClH/c1-10-5-6-12(13(18)16-10)14(19)17(2)11-4-3-8-15-9-7-11;/h5-6,11,15H,3-4,7-9H2,1-2H3,(H,16,18);1H. The van der Waals surface area contributed by atoms with Gasteiger partial charge in [-0.15, -0.1) is 12.4 Å². The fourth-order valence-corrected chi connectivity index (χ4v) is 2.48. The number of rotatable bonds is 2. The lowest BCUT2D eigenvalue weighted by atomic mass is 10.1. The molecule has 1 aliphatic rings. The Balaban J connectivity index is 0.00000200. The molecule has 6 heteroatoms. The molecule has 0 aliphatic carbocycles. The van der Waals surface area contributed by atoms with Gasteiger partial charge in [0.25, 0.3) is 11.5 Å². The first-order chi connectivity index (χ1) is 9.09. The lowest BCUT2D eigenvalue weighted by Gasteiger charge is -2.26. The number of carbonyl (C=O) groups excluding carboxylic acids is 1. The Labute approximate surface area is 125 Å². The number of hydrogen-bond acceptors (Lipinski definition) is 3. The number of pyridine rings is 1. The number of H-pyrrole nitrogens is 1. The van der Waals surface area contributed by atoms with Gasteiger partial charge in [-0.25, -0.2) is 0 Å². The highest BCUT2D eigenvalue weighted by Gasteiger charge is 2.23. The zero-order valence-electron chi connectivity index (χ0n) is 11.9. The van der Waals surface area contributed by atoms with Crippen LogP contribution < -0.4 is 10.9 Å². The van der Waals surface area contributed by atoms with Crippen molar-refractivity contribution < 1.29 is 4.79 Å². The van der Waals surface area contributed by atoms with Crippen LogP contribution in [0.5, 0.6) is 0 Å². The highest BCUT2D eigenvalue weighted by Crippen LogP contribution is 2.13. The normalized spacial score (nSPS) is 18.8. The molecule has 1 aromatic heterocycles. The van der Waals surface area contributed by atoms with Gasteiger partial charge >= 0.3 is 0 Å². The van der Waals surface area contributed by atoms with E-state index in [-0.39, 0.29) is 35.5 Å². The lowest BCUT2D eigenvalue weighted by Crippen LogP contribution is -2.39. The topological polar surface area (TPSA) is 65.2 Å². The van der Waals surface area contributed by atoms with Crippen molar-refractivity contribution in [2.75, 3.05) is 20.1 Å². The van der Waals surface area contributed by atoms with Crippen molar-refractivity contribution in [1.29, 1.82) is 0 Å². The number of amides is 1. The largest absolute Gasteiger partial charge is 0.339 e. The van der Waals surface area contributed by atoms with Crippen LogP contribution in [0.3, 0.4) is 0 Å². The van der Waals surface area contributed by atoms with E-state index in [1.54, 1.807) is 31.0 Å². The zero-order chi connectivity index (χ0) is 13.8. The van der Waals surface area contributed by atoms with E-state index in [1.165, 1.54) is 0 Å². The first-order valence-corrected chi connectivity index (χ1v) is 6.77. The molecule has 2 N–H and O–H groups in total. The van der Waals surface area contributed by atoms with Crippen molar-refractivity contribution in [3.8, 4) is 0 Å². The van der Waals surface area contributed by atoms with Gasteiger partial charge in [-0.1, -0.05) is 0 Å². The zero-order valence-corrected chi connectivity index (χ0v) is 12.8. The summed E-state index contributed by atoms with van der Waals surface area (Å²) in [6, 6.07) is 3.59. The van der Waals surface area contributed by atoms with E-state index in [2.05, 4.69) is 10.3 Å². The molecule has 0 bridgehead atoms. The fraction of sp³-hybridized carbons (Fsp3) is 0.571. The van der Waals surface area contributed by atoms with Gasteiger partial charge in [0, 0.05) is 18.8 Å². The fourth-order valence-electron chi connectivity index (χ4n) is 2.48. The Morgan fingerprint density at radius 1 is 1.30 bits per heavy atom. The van der Waals surface area contributed by atoms with Crippen molar-refractivity contribution in [3.05, 3.63) is 33.7 Å². The summed E-state index contributed by atoms with van der Waals surface area (Å²) in [6.07, 6.45) is 2.98. The monoisotopic (exact) mass is 299 g/mol. The Hall–Kier alpha value is -1.33. The molecule has 1 saturated heterocycles. The SMILES string of the molecule is Cc1ccc(C(=O)N(C)C2CCCNCC2)c(=O)[nH]1.Cl. The third-order valence-electron chi connectivity index (χ3n) is 3.70. The van der Waals surface area contributed by atoms with E-state index in [0.29, 0.717) is 0 Å². The van der Waals surface area contributed by atoms with Gasteiger partial charge in [-0.2, -0.15) is 0 Å². The predicted molar refractivity (Wildman–Crippen MR) is 81.6 cm³/mol. The molecule has 20 heavy (non-hydrogen) atoms. The highest BCUT2D eigenvalue weighted by molar-refractivity contribution is 5.93. The number of aromatic amines is 1. The molecule has 1 aromatic rings. The Kier molecular flexibility index (Phi) is 6.23. The Morgan fingerprint density at radius 3 is 2.75 bits per heavy atom. The van der Waals surface area contributed by atoms with Gasteiger partial charge in [0.15, 0.2) is 0 Å². The molecule has 0 aromatic carbocycles. The molecule has 2 rings (SSSR count). The molecule has 0 saturated carbocycles. The van der Waals surface area contributed by atoms with Crippen molar-refractivity contribution in [2.45, 2.75) is 32.2 Å². The molecule has 5 nitrogen and oxygen atoms in total. The summed E-state index contributed by atoms with van der Waals surface area (Å²) in [4.78, 5) is 28.6. The number of carbonyl (C=O) groups is 1. The van der Waals surface area contributed by atoms with Crippen molar-refractivity contribution in [3.63, 3.8) is 0 Å². The summed E-state index contributed by atoms with van der Waals surface area (Å²) in [5.41, 5.74) is 0.691. The summed E-state index contributed by atoms with van der Waals surface area (Å²) in [5.74, 6) is -0.187. The third kappa shape index (κ3) is 3.84. The van der Waals surface area contributed by atoms with E-state index >= 15 is 0 Å². The molecular weight excluding hydrogens is 278 g/mol. The lowest BCUT2D eigenvalue weighted by molar-refractivity contribution is 0.0718. The minimum atomic E-state index is -0.302. The van der Waals surface area contributed by atoms with Gasteiger partial charge in [-0.05, 0) is 51.4 Å². The number of aryl methyl sites for hydroxylation is 1. The smallest absolute Gasteiger partial charge is 0.260 e. The maximum Gasteiger partial charge on any atom is 0.260 e. The maximum absolute atomic E-state index is 12.4. The quantitative estimate of drug-likeness (QED) is 0.865. The number of aromatic nitrogens is 1. The average molecular weight is 300 g/mol. The van der Waals surface area contributed by atoms with Gasteiger partial charge < -0.3 is 15.2 Å². The van der Waals surface area contributed by atoms with Crippen molar-refractivity contribution >= 4 is 18.3 Å². The second-order valence-electron chi connectivity index (χ2n) is 5.13. The molecule has 1 unspecified atom stereocenters. The maximum atomic E-state index is 12.4. The van der Waals surface area contributed by atoms with Crippen LogP contribution in [-0.2, 0) is 0 Å². The first kappa shape index (κ1) is 16.7. The minimum Gasteiger partial charge on any atom is -0.339 e. The third-order valence-corrected chi connectivity index (χ3v) is 3.70. The number of halogens is 1. The molecule has 112 valence electrons. The Morgan fingerprint density at radius 2 is 2.05 bits per heavy atom. The van der Waals surface area contributed by atoms with Crippen LogP contribution >= 0.6 is 12.4 Å². The number of nitrogens with zero attached hydrogens (tertiary/aromatic N) is 1. The molecule has 0 radical (unpaired) electrons. The van der Waals surface area contributed by atoms with E-state index in [1.807, 2.05) is 0 Å². The van der Waals surface area contributed by atoms with Crippen LogP contribution in [0.2, 0.25) is 0 Å². The van der Waals surface area contributed by atoms with Crippen LogP contribution in [-0.4, -0.2) is 42.0 Å². The molecular formula is C14H22ClN3O2. The van der Waals surface area contributed by atoms with Crippen LogP contribution in [0.1, 0.15) is 35.3 Å². The average Bonchev–Trinajstić information content (AvgIpc) is 2.66. The summed E-state index contributed by atoms with van der Waals surface area (Å²) in [6.45, 7) is 3.73. The first-order valence-electron chi connectivity index (χ1n) is 6.77. The van der Waals surface area contributed by atoms with Gasteiger partial charge in [0.05, 0.1) is 0 Å². The highest BCUT2D eigenvalue weighted by atomic mass is 35.5. The van der Waals surface area contributed by atoms with Crippen molar-refractivity contribution in [2.24, 2.45) is 0 Å². The molecule has 1 atom stereocenters. The van der Waals surface area contributed by atoms with Gasteiger partial charge in [0.1, 0.15) is 5.56 Å². The predicted octanol–water partition coefficient (Wildman–Crippen LogP) is 1.32. The van der Waals surface area contributed by atoms with Crippen LogP contribution in [0.4, 0.5) is 0 Å². The Bertz CT molecular complexity index is 507. The molecule has 1 fully saturated rings. The summed E-state index contributed by atoms with van der Waals surface area (Å²) >= 11 is 0. The van der Waals surface area contributed by atoms with Crippen LogP contribution in [0, 0.1) is 6.92 Å².